The summed E-state index contributed by atoms with van der Waals surface area (Å²) in [5.41, 5.74) is -0.228. The first-order valence-electron chi connectivity index (χ1n) is 3.46. The van der Waals surface area contributed by atoms with Crippen molar-refractivity contribution in [2.75, 3.05) is 6.54 Å². The van der Waals surface area contributed by atoms with Gasteiger partial charge in [-0.15, -0.1) is 0 Å². The lowest BCUT2D eigenvalue weighted by Crippen LogP contribution is -2.31. The predicted molar refractivity (Wildman–Crippen MR) is 35.9 cm³/mol. The summed E-state index contributed by atoms with van der Waals surface area (Å²) in [6.07, 6.45) is -3.20. The van der Waals surface area contributed by atoms with Crippen molar-refractivity contribution in [1.82, 2.24) is 5.32 Å². The minimum Gasteiger partial charge on any atom is -0.390 e. The molecule has 66 valence electrons. The molecular formula is C7H7F3N2. The normalized spacial score (nSPS) is 23.8. The highest BCUT2D eigenvalue weighted by Gasteiger charge is 2.42. The highest BCUT2D eigenvalue weighted by Crippen LogP contribution is 2.34. The number of hydrogen-bond donors (Lipinski definition) is 1. The van der Waals surface area contributed by atoms with Crippen molar-refractivity contribution >= 4 is 0 Å². The molecule has 0 fully saturated rings. The Morgan fingerprint density at radius 3 is 2.67 bits per heavy atom. The largest absolute Gasteiger partial charge is 0.396 e. The van der Waals surface area contributed by atoms with Gasteiger partial charge in [-0.2, -0.15) is 18.4 Å². The zero-order chi connectivity index (χ0) is 9.19. The number of halogens is 3. The van der Waals surface area contributed by atoms with Crippen molar-refractivity contribution in [1.29, 1.82) is 5.26 Å². The zero-order valence-corrected chi connectivity index (χ0v) is 6.15. The van der Waals surface area contributed by atoms with E-state index in [1.165, 1.54) is 6.07 Å². The van der Waals surface area contributed by atoms with Crippen LogP contribution >= 0.6 is 0 Å². The van der Waals surface area contributed by atoms with Gasteiger partial charge in [0.15, 0.2) is 0 Å². The highest BCUT2D eigenvalue weighted by atomic mass is 19.4. The summed E-state index contributed by atoms with van der Waals surface area (Å²) in [7, 11) is 0. The number of nitrogens with one attached hydrogen (secondary N) is 1. The summed E-state index contributed by atoms with van der Waals surface area (Å²) in [5, 5.41) is 11.0. The summed E-state index contributed by atoms with van der Waals surface area (Å²) in [5.74, 6) is -1.58. The molecule has 1 unspecified atom stereocenters. The Hall–Kier alpha value is -1.18. The van der Waals surface area contributed by atoms with Crippen LogP contribution in [0.2, 0.25) is 0 Å². The molecule has 5 heteroatoms. The number of alkyl halides is 3. The molecule has 0 saturated carbocycles. The third kappa shape index (κ3) is 1.70. The predicted octanol–water partition coefficient (Wildman–Crippen LogP) is 1.57. The highest BCUT2D eigenvalue weighted by molar-refractivity contribution is 5.26. The van der Waals surface area contributed by atoms with Gasteiger partial charge in [-0.3, -0.25) is 0 Å². The van der Waals surface area contributed by atoms with Crippen LogP contribution in [0.4, 0.5) is 13.2 Å². The molecule has 0 saturated heterocycles. The van der Waals surface area contributed by atoms with Crippen LogP contribution in [0, 0.1) is 17.2 Å². The lowest BCUT2D eigenvalue weighted by Gasteiger charge is -2.22. The average Bonchev–Trinajstić information content (AvgIpc) is 2.03. The second kappa shape index (κ2) is 3.05. The first-order valence-corrected chi connectivity index (χ1v) is 3.46. The fourth-order valence-corrected chi connectivity index (χ4v) is 1.12. The van der Waals surface area contributed by atoms with Crippen molar-refractivity contribution in [2.24, 2.45) is 5.92 Å². The van der Waals surface area contributed by atoms with Gasteiger partial charge in [0.1, 0.15) is 0 Å². The van der Waals surface area contributed by atoms with Crippen molar-refractivity contribution in [3.63, 3.8) is 0 Å². The summed E-state index contributed by atoms with van der Waals surface area (Å²) in [6.45, 7) is 0.273. The Bertz CT molecular complexity index is 236. The van der Waals surface area contributed by atoms with Crippen molar-refractivity contribution in [3.05, 3.63) is 11.8 Å². The second-order valence-corrected chi connectivity index (χ2v) is 2.55. The standard InChI is InChI=1S/C7H7F3N2/c8-7(9,10)6-1-2-12-4-5(6)3-11/h4,6,12H,1-2H2. The quantitative estimate of drug-likeness (QED) is 0.608. The van der Waals surface area contributed by atoms with E-state index >= 15 is 0 Å². The molecule has 12 heavy (non-hydrogen) atoms. The lowest BCUT2D eigenvalue weighted by molar-refractivity contribution is -0.165. The molecule has 1 atom stereocenters. The molecule has 0 radical (unpaired) electrons. The van der Waals surface area contributed by atoms with E-state index in [4.69, 9.17) is 5.26 Å². The van der Waals surface area contributed by atoms with Crippen LogP contribution < -0.4 is 5.32 Å². The Balaban J connectivity index is 2.84. The molecule has 0 aromatic rings. The molecule has 0 aliphatic carbocycles. The van der Waals surface area contributed by atoms with Crippen molar-refractivity contribution < 1.29 is 13.2 Å². The van der Waals surface area contributed by atoms with E-state index < -0.39 is 12.1 Å². The lowest BCUT2D eigenvalue weighted by atomic mass is 9.94. The third-order valence-electron chi connectivity index (χ3n) is 1.73. The molecular weight excluding hydrogens is 169 g/mol. The second-order valence-electron chi connectivity index (χ2n) is 2.55. The zero-order valence-electron chi connectivity index (χ0n) is 6.15. The molecule has 1 aliphatic heterocycles. The maximum Gasteiger partial charge on any atom is 0.396 e. The van der Waals surface area contributed by atoms with Crippen LogP contribution in [0.1, 0.15) is 6.42 Å². The smallest absolute Gasteiger partial charge is 0.390 e. The van der Waals surface area contributed by atoms with Gasteiger partial charge in [0.2, 0.25) is 0 Å². The van der Waals surface area contributed by atoms with Crippen molar-refractivity contribution in [3.8, 4) is 6.07 Å². The number of nitriles is 1. The van der Waals surface area contributed by atoms with Gasteiger partial charge in [-0.25, -0.2) is 0 Å². The maximum atomic E-state index is 12.2. The average molecular weight is 176 g/mol. The Morgan fingerprint density at radius 2 is 2.25 bits per heavy atom. The van der Waals surface area contributed by atoms with Crippen LogP contribution in [0.15, 0.2) is 11.8 Å². The molecule has 0 aromatic heterocycles. The summed E-state index contributed by atoms with van der Waals surface area (Å²) >= 11 is 0. The molecule has 0 bridgehead atoms. The monoisotopic (exact) mass is 176 g/mol. The van der Waals surface area contributed by atoms with E-state index in [1.807, 2.05) is 0 Å². The van der Waals surface area contributed by atoms with Gasteiger partial charge >= 0.3 is 6.18 Å². The minimum atomic E-state index is -4.29. The molecule has 0 spiro atoms. The van der Waals surface area contributed by atoms with E-state index in [0.717, 1.165) is 6.20 Å². The van der Waals surface area contributed by atoms with Crippen LogP contribution in [-0.4, -0.2) is 12.7 Å². The first-order chi connectivity index (χ1) is 5.55. The van der Waals surface area contributed by atoms with E-state index in [1.54, 1.807) is 0 Å². The summed E-state index contributed by atoms with van der Waals surface area (Å²) in [6, 6.07) is 1.54. The maximum absolute atomic E-state index is 12.2. The van der Waals surface area contributed by atoms with Gasteiger partial charge in [-0.05, 0) is 6.42 Å². The summed E-state index contributed by atoms with van der Waals surface area (Å²) in [4.78, 5) is 0. The van der Waals surface area contributed by atoms with Crippen LogP contribution in [-0.2, 0) is 0 Å². The van der Waals surface area contributed by atoms with Gasteiger partial charge in [0.25, 0.3) is 0 Å². The Labute approximate surface area is 67.7 Å². The number of nitrogens with zero attached hydrogens (tertiary/aromatic N) is 1. The molecule has 1 N–H and O–H groups in total. The van der Waals surface area contributed by atoms with E-state index in [0.29, 0.717) is 0 Å². The third-order valence-corrected chi connectivity index (χ3v) is 1.73. The van der Waals surface area contributed by atoms with Crippen LogP contribution in [0.5, 0.6) is 0 Å². The SMILES string of the molecule is N#CC1=CNCCC1C(F)(F)F. The molecule has 1 aliphatic rings. The molecule has 1 heterocycles. The van der Waals surface area contributed by atoms with E-state index in [9.17, 15) is 13.2 Å². The Kier molecular flexibility index (Phi) is 2.27. The minimum absolute atomic E-state index is 0.0527. The fourth-order valence-electron chi connectivity index (χ4n) is 1.12. The summed E-state index contributed by atoms with van der Waals surface area (Å²) < 4.78 is 36.5. The number of hydrogen-bond acceptors (Lipinski definition) is 2. The molecule has 0 amide bonds. The topological polar surface area (TPSA) is 35.8 Å². The van der Waals surface area contributed by atoms with Gasteiger partial charge in [-0.1, -0.05) is 0 Å². The fraction of sp³-hybridized carbons (Fsp3) is 0.571. The molecule has 1 rings (SSSR count). The van der Waals surface area contributed by atoms with Gasteiger partial charge in [0.05, 0.1) is 17.6 Å². The first kappa shape index (κ1) is 8.91. The number of allylic oxidation sites excluding steroid dienone is 1. The molecule has 2 nitrogen and oxygen atoms in total. The van der Waals surface area contributed by atoms with E-state index in [-0.39, 0.29) is 18.5 Å². The van der Waals surface area contributed by atoms with Gasteiger partial charge < -0.3 is 5.32 Å². The molecule has 0 aromatic carbocycles. The Morgan fingerprint density at radius 1 is 1.58 bits per heavy atom. The van der Waals surface area contributed by atoms with Crippen LogP contribution in [0.25, 0.3) is 0 Å². The number of rotatable bonds is 0. The van der Waals surface area contributed by atoms with Gasteiger partial charge in [0, 0.05) is 12.7 Å². The van der Waals surface area contributed by atoms with Crippen molar-refractivity contribution in [2.45, 2.75) is 12.6 Å². The van der Waals surface area contributed by atoms with E-state index in [2.05, 4.69) is 5.32 Å². The van der Waals surface area contributed by atoms with Crippen LogP contribution in [0.3, 0.4) is 0 Å².